The van der Waals surface area contributed by atoms with Gasteiger partial charge in [-0.1, -0.05) is 24.3 Å². The van der Waals surface area contributed by atoms with Gasteiger partial charge >= 0.3 is 0 Å². The van der Waals surface area contributed by atoms with Crippen LogP contribution in [0.3, 0.4) is 0 Å². The second-order valence-electron chi connectivity index (χ2n) is 5.95. The lowest BCUT2D eigenvalue weighted by atomic mass is 10.3. The predicted molar refractivity (Wildman–Crippen MR) is 115 cm³/mol. The molecule has 3 aromatic rings. The standard InChI is InChI=1S/C20H15F2IN2O3S/c21-17-7-4-8-18(22)20(17)24-19(26)13-25(15-11-9-14(23)10-12-15)29(27,28)16-5-2-1-3-6-16/h1-12H,13H2,(H,24,26). The summed E-state index contributed by atoms with van der Waals surface area (Å²) in [6, 6.07) is 17.3. The lowest BCUT2D eigenvalue weighted by Gasteiger charge is -2.24. The number of anilines is 2. The molecule has 0 aliphatic carbocycles. The molecule has 29 heavy (non-hydrogen) atoms. The van der Waals surface area contributed by atoms with Crippen molar-refractivity contribution >= 4 is 49.9 Å². The Kier molecular flexibility index (Phi) is 6.48. The van der Waals surface area contributed by atoms with Crippen LogP contribution < -0.4 is 9.62 Å². The van der Waals surface area contributed by atoms with Crippen LogP contribution in [-0.4, -0.2) is 20.9 Å². The van der Waals surface area contributed by atoms with Gasteiger partial charge < -0.3 is 5.32 Å². The van der Waals surface area contributed by atoms with Crippen LogP contribution in [-0.2, 0) is 14.8 Å². The number of rotatable bonds is 6. The van der Waals surface area contributed by atoms with Crippen LogP contribution in [0.2, 0.25) is 0 Å². The molecule has 0 unspecified atom stereocenters. The minimum absolute atomic E-state index is 0.0107. The number of carbonyl (C=O) groups is 1. The summed E-state index contributed by atoms with van der Waals surface area (Å²) in [6.45, 7) is -0.661. The fraction of sp³-hybridized carbons (Fsp3) is 0.0500. The lowest BCUT2D eigenvalue weighted by Crippen LogP contribution is -2.38. The van der Waals surface area contributed by atoms with Crippen molar-refractivity contribution < 1.29 is 22.0 Å². The summed E-state index contributed by atoms with van der Waals surface area (Å²) in [6.07, 6.45) is 0. The van der Waals surface area contributed by atoms with Gasteiger partial charge in [-0.3, -0.25) is 9.10 Å². The Balaban J connectivity index is 1.96. The number of nitrogens with zero attached hydrogens (tertiary/aromatic N) is 1. The first-order valence-electron chi connectivity index (χ1n) is 8.36. The van der Waals surface area contributed by atoms with Crippen LogP contribution in [0.25, 0.3) is 0 Å². The van der Waals surface area contributed by atoms with Gasteiger partial charge in [-0.15, -0.1) is 0 Å². The molecule has 0 aliphatic rings. The molecule has 1 amide bonds. The van der Waals surface area contributed by atoms with Crippen LogP contribution in [0.15, 0.2) is 77.7 Å². The summed E-state index contributed by atoms with van der Waals surface area (Å²) >= 11 is 2.07. The van der Waals surface area contributed by atoms with E-state index < -0.39 is 39.8 Å². The van der Waals surface area contributed by atoms with E-state index in [1.165, 1.54) is 12.1 Å². The first-order chi connectivity index (χ1) is 13.8. The largest absolute Gasteiger partial charge is 0.320 e. The molecule has 0 aromatic heterocycles. The summed E-state index contributed by atoms with van der Waals surface area (Å²) in [5.74, 6) is -2.79. The van der Waals surface area contributed by atoms with E-state index in [0.717, 1.165) is 26.1 Å². The Hall–Kier alpha value is -2.53. The Bertz CT molecular complexity index is 1100. The Morgan fingerprint density at radius 1 is 0.897 bits per heavy atom. The average Bonchev–Trinajstić information content (AvgIpc) is 2.70. The molecule has 150 valence electrons. The van der Waals surface area contributed by atoms with Gasteiger partial charge in [-0.25, -0.2) is 17.2 Å². The van der Waals surface area contributed by atoms with Gasteiger partial charge in [0.05, 0.1) is 10.6 Å². The van der Waals surface area contributed by atoms with Gasteiger partial charge in [0.25, 0.3) is 10.0 Å². The van der Waals surface area contributed by atoms with Gasteiger partial charge in [0.2, 0.25) is 5.91 Å². The van der Waals surface area contributed by atoms with Gasteiger partial charge in [0.15, 0.2) is 0 Å². The second kappa shape index (κ2) is 8.87. The molecule has 0 saturated heterocycles. The molecule has 0 fully saturated rings. The van der Waals surface area contributed by atoms with Crippen molar-refractivity contribution in [2.24, 2.45) is 0 Å². The monoisotopic (exact) mass is 528 g/mol. The minimum Gasteiger partial charge on any atom is -0.320 e. The van der Waals surface area contributed by atoms with E-state index in [9.17, 15) is 22.0 Å². The molecule has 0 spiro atoms. The van der Waals surface area contributed by atoms with E-state index in [0.29, 0.717) is 0 Å². The summed E-state index contributed by atoms with van der Waals surface area (Å²) < 4.78 is 55.7. The molecule has 0 aliphatic heterocycles. The Morgan fingerprint density at radius 2 is 1.48 bits per heavy atom. The van der Waals surface area contributed by atoms with E-state index in [4.69, 9.17) is 0 Å². The molecule has 3 aromatic carbocycles. The highest BCUT2D eigenvalue weighted by atomic mass is 127. The lowest BCUT2D eigenvalue weighted by molar-refractivity contribution is -0.114. The SMILES string of the molecule is O=C(CN(c1ccc(I)cc1)S(=O)(=O)c1ccccc1)Nc1c(F)cccc1F. The smallest absolute Gasteiger partial charge is 0.264 e. The number of hydrogen-bond donors (Lipinski definition) is 1. The summed E-state index contributed by atoms with van der Waals surface area (Å²) in [5, 5.41) is 2.12. The third kappa shape index (κ3) is 4.91. The number of para-hydroxylation sites is 1. The molecule has 0 bridgehead atoms. The maximum Gasteiger partial charge on any atom is 0.264 e. The highest BCUT2D eigenvalue weighted by molar-refractivity contribution is 14.1. The number of sulfonamides is 1. The number of carbonyl (C=O) groups excluding carboxylic acids is 1. The van der Waals surface area contributed by atoms with Crippen LogP contribution in [0.1, 0.15) is 0 Å². The molecule has 0 radical (unpaired) electrons. The quantitative estimate of drug-likeness (QED) is 0.483. The number of amides is 1. The van der Waals surface area contributed by atoms with Gasteiger partial charge in [-0.05, 0) is 71.1 Å². The van der Waals surface area contributed by atoms with Crippen LogP contribution >= 0.6 is 22.6 Å². The first-order valence-corrected chi connectivity index (χ1v) is 10.9. The molecular weight excluding hydrogens is 513 g/mol. The Morgan fingerprint density at radius 3 is 2.07 bits per heavy atom. The van der Waals surface area contributed by atoms with Crippen molar-refractivity contribution in [3.8, 4) is 0 Å². The normalized spacial score (nSPS) is 11.1. The molecule has 0 heterocycles. The average molecular weight is 528 g/mol. The third-order valence-corrected chi connectivity index (χ3v) is 6.47. The van der Waals surface area contributed by atoms with Crippen molar-refractivity contribution in [3.63, 3.8) is 0 Å². The Labute approximate surface area is 180 Å². The number of benzene rings is 3. The van der Waals surface area contributed by atoms with Crippen LogP contribution in [0.4, 0.5) is 20.2 Å². The van der Waals surface area contributed by atoms with E-state index in [2.05, 4.69) is 27.9 Å². The summed E-state index contributed by atoms with van der Waals surface area (Å²) in [5.41, 5.74) is -0.379. The zero-order valence-electron chi connectivity index (χ0n) is 14.8. The fourth-order valence-corrected chi connectivity index (χ4v) is 4.37. The maximum atomic E-state index is 13.8. The second-order valence-corrected chi connectivity index (χ2v) is 9.05. The van der Waals surface area contributed by atoms with E-state index in [-0.39, 0.29) is 10.6 Å². The topological polar surface area (TPSA) is 66.5 Å². The van der Waals surface area contributed by atoms with Crippen LogP contribution in [0.5, 0.6) is 0 Å². The molecule has 5 nitrogen and oxygen atoms in total. The fourth-order valence-electron chi connectivity index (χ4n) is 2.57. The minimum atomic E-state index is -4.09. The van der Waals surface area contributed by atoms with E-state index in [1.54, 1.807) is 42.5 Å². The van der Waals surface area contributed by atoms with Crippen molar-refractivity contribution in [1.29, 1.82) is 0 Å². The van der Waals surface area contributed by atoms with Crippen molar-refractivity contribution in [2.45, 2.75) is 4.90 Å². The van der Waals surface area contributed by atoms with Crippen molar-refractivity contribution in [3.05, 3.63) is 88.0 Å². The zero-order chi connectivity index (χ0) is 21.0. The summed E-state index contributed by atoms with van der Waals surface area (Å²) in [4.78, 5) is 12.5. The van der Waals surface area contributed by atoms with Gasteiger partial charge in [-0.2, -0.15) is 0 Å². The predicted octanol–water partition coefficient (Wildman–Crippen LogP) is 4.40. The molecule has 1 N–H and O–H groups in total. The first kappa shape index (κ1) is 21.2. The van der Waals surface area contributed by atoms with Crippen molar-refractivity contribution in [2.75, 3.05) is 16.2 Å². The van der Waals surface area contributed by atoms with Gasteiger partial charge in [0.1, 0.15) is 23.9 Å². The summed E-state index contributed by atoms with van der Waals surface area (Å²) in [7, 11) is -4.09. The maximum absolute atomic E-state index is 13.8. The molecule has 3 rings (SSSR count). The zero-order valence-corrected chi connectivity index (χ0v) is 17.8. The molecular formula is C20H15F2IN2O3S. The van der Waals surface area contributed by atoms with E-state index >= 15 is 0 Å². The number of halogens is 3. The molecule has 9 heteroatoms. The highest BCUT2D eigenvalue weighted by Crippen LogP contribution is 2.25. The molecule has 0 saturated carbocycles. The highest BCUT2D eigenvalue weighted by Gasteiger charge is 2.27. The molecule has 0 atom stereocenters. The van der Waals surface area contributed by atoms with Gasteiger partial charge in [0, 0.05) is 3.57 Å². The van der Waals surface area contributed by atoms with Crippen molar-refractivity contribution in [1.82, 2.24) is 0 Å². The van der Waals surface area contributed by atoms with Crippen LogP contribution in [0, 0.1) is 15.2 Å². The number of nitrogens with one attached hydrogen (secondary N) is 1. The number of hydrogen-bond acceptors (Lipinski definition) is 3. The van der Waals surface area contributed by atoms with E-state index in [1.807, 2.05) is 0 Å². The third-order valence-electron chi connectivity index (χ3n) is 3.96.